The summed E-state index contributed by atoms with van der Waals surface area (Å²) >= 11 is 0. The Hall–Kier alpha value is -0.570. The molecule has 0 spiro atoms. The van der Waals surface area contributed by atoms with Gasteiger partial charge in [-0.05, 0) is 25.7 Å². The van der Waals surface area contributed by atoms with Gasteiger partial charge in [-0.25, -0.2) is 0 Å². The number of aliphatic hydroxyl groups excluding tert-OH is 1. The van der Waals surface area contributed by atoms with Gasteiger partial charge in [0.2, 0.25) is 0 Å². The first-order valence-corrected chi connectivity index (χ1v) is 4.60. The molecule has 0 aromatic rings. The smallest absolute Gasteiger partial charge is 0.309 e. The molecular weight excluding hydrogens is 156 g/mol. The Balaban J connectivity index is 1.90. The summed E-state index contributed by atoms with van der Waals surface area (Å²) in [5.74, 6) is 0.572. The van der Waals surface area contributed by atoms with Gasteiger partial charge in [-0.15, -0.1) is 0 Å². The molecule has 12 heavy (non-hydrogen) atoms. The summed E-state index contributed by atoms with van der Waals surface area (Å²) < 4.78 is 4.90. The van der Waals surface area contributed by atoms with Crippen LogP contribution in [0.25, 0.3) is 0 Å². The first kappa shape index (κ1) is 8.05. The van der Waals surface area contributed by atoms with Crippen LogP contribution in [-0.2, 0) is 9.53 Å². The lowest BCUT2D eigenvalue weighted by molar-refractivity contribution is -0.146. The summed E-state index contributed by atoms with van der Waals surface area (Å²) in [6.07, 6.45) is 1.62. The van der Waals surface area contributed by atoms with Crippen molar-refractivity contribution in [1.82, 2.24) is 0 Å². The highest BCUT2D eigenvalue weighted by Crippen LogP contribution is 2.57. The Bertz CT molecular complexity index is 202. The number of carbonyl (C=O) groups excluding carboxylic acids is 1. The van der Waals surface area contributed by atoms with Crippen LogP contribution in [0, 0.1) is 17.8 Å². The lowest BCUT2D eigenvalue weighted by Gasteiger charge is -2.06. The summed E-state index contributed by atoms with van der Waals surface area (Å²) in [5, 5.41) is 9.42. The first-order valence-electron chi connectivity index (χ1n) is 4.60. The van der Waals surface area contributed by atoms with Crippen LogP contribution in [0.3, 0.4) is 0 Å². The second-order valence-electron chi connectivity index (χ2n) is 3.66. The Labute approximate surface area is 71.7 Å². The van der Waals surface area contributed by atoms with Gasteiger partial charge < -0.3 is 9.84 Å². The summed E-state index contributed by atoms with van der Waals surface area (Å²) in [6, 6.07) is 0. The van der Waals surface area contributed by atoms with Crippen LogP contribution in [0.15, 0.2) is 0 Å². The third-order valence-electron chi connectivity index (χ3n) is 3.03. The minimum Gasteiger partial charge on any atom is -0.466 e. The van der Waals surface area contributed by atoms with E-state index in [1.54, 1.807) is 0 Å². The van der Waals surface area contributed by atoms with E-state index in [2.05, 4.69) is 0 Å². The number of fused-ring (bicyclic) bond motifs is 1. The minimum absolute atomic E-state index is 0.0219. The molecule has 68 valence electrons. The lowest BCUT2D eigenvalue weighted by atomic mass is 10.1. The van der Waals surface area contributed by atoms with E-state index < -0.39 is 0 Å². The molecule has 4 atom stereocenters. The molecule has 0 bridgehead atoms. The fourth-order valence-electron chi connectivity index (χ4n) is 2.42. The van der Waals surface area contributed by atoms with Crippen molar-refractivity contribution in [2.45, 2.75) is 25.9 Å². The molecule has 1 N–H and O–H groups in total. The zero-order valence-electron chi connectivity index (χ0n) is 7.19. The van der Waals surface area contributed by atoms with E-state index in [1.807, 2.05) is 6.92 Å². The van der Waals surface area contributed by atoms with Gasteiger partial charge in [0.25, 0.3) is 0 Å². The summed E-state index contributed by atoms with van der Waals surface area (Å²) in [6.45, 7) is 2.26. The predicted octanol–water partition coefficient (Wildman–Crippen LogP) is 0.566. The molecule has 3 unspecified atom stereocenters. The van der Waals surface area contributed by atoms with Gasteiger partial charge in [0, 0.05) is 5.92 Å². The Morgan fingerprint density at radius 3 is 2.83 bits per heavy atom. The van der Waals surface area contributed by atoms with E-state index in [0.717, 1.165) is 12.8 Å². The summed E-state index contributed by atoms with van der Waals surface area (Å²) in [4.78, 5) is 11.2. The minimum atomic E-state index is -0.246. The molecule has 0 saturated heterocycles. The Kier molecular flexibility index (Phi) is 1.83. The van der Waals surface area contributed by atoms with Crippen LogP contribution in [0.1, 0.15) is 19.8 Å². The second kappa shape index (κ2) is 2.73. The molecule has 0 aromatic carbocycles. The normalized spacial score (nSPS) is 43.8. The molecule has 2 saturated carbocycles. The van der Waals surface area contributed by atoms with Crippen molar-refractivity contribution in [3.05, 3.63) is 0 Å². The quantitative estimate of drug-likeness (QED) is 0.616. The molecular formula is C9H14O3. The average molecular weight is 170 g/mol. The second-order valence-corrected chi connectivity index (χ2v) is 3.66. The highest BCUT2D eigenvalue weighted by Gasteiger charge is 2.61. The van der Waals surface area contributed by atoms with Crippen LogP contribution < -0.4 is 0 Å². The van der Waals surface area contributed by atoms with E-state index in [9.17, 15) is 9.90 Å². The highest BCUT2D eigenvalue weighted by atomic mass is 16.5. The molecule has 2 fully saturated rings. The number of rotatable bonds is 2. The fraction of sp³-hybridized carbons (Fsp3) is 0.889. The van der Waals surface area contributed by atoms with E-state index in [-0.39, 0.29) is 23.9 Å². The molecule has 0 heterocycles. The number of hydrogen-bond acceptors (Lipinski definition) is 3. The van der Waals surface area contributed by atoms with Crippen LogP contribution in [0.4, 0.5) is 0 Å². The van der Waals surface area contributed by atoms with Crippen molar-refractivity contribution in [2.24, 2.45) is 17.8 Å². The monoisotopic (exact) mass is 170 g/mol. The standard InChI is InChI=1S/C9H14O3/c1-2-12-9(11)8-5-3-4-6(10)7(5)8/h5-8,10H,2-4H2,1H3/t5?,6-,7?,8?/m1/s1. The molecule has 0 aromatic heterocycles. The molecule has 0 amide bonds. The number of carbonyl (C=O) groups is 1. The van der Waals surface area contributed by atoms with Crippen molar-refractivity contribution in [2.75, 3.05) is 6.61 Å². The highest BCUT2D eigenvalue weighted by molar-refractivity contribution is 5.77. The SMILES string of the molecule is CCOC(=O)C1C2CC[C@@H](O)C21. The van der Waals surface area contributed by atoms with Crippen molar-refractivity contribution >= 4 is 5.97 Å². The largest absolute Gasteiger partial charge is 0.466 e. The van der Waals surface area contributed by atoms with Gasteiger partial charge in [-0.2, -0.15) is 0 Å². The number of esters is 1. The molecule has 2 aliphatic carbocycles. The summed E-state index contributed by atoms with van der Waals surface area (Å²) in [7, 11) is 0. The van der Waals surface area contributed by atoms with Crippen molar-refractivity contribution in [1.29, 1.82) is 0 Å². The molecule has 2 aliphatic rings. The molecule has 3 nitrogen and oxygen atoms in total. The summed E-state index contributed by atoms with van der Waals surface area (Å²) in [5.41, 5.74) is 0. The predicted molar refractivity (Wildman–Crippen MR) is 42.3 cm³/mol. The van der Waals surface area contributed by atoms with Gasteiger partial charge in [0.05, 0.1) is 18.6 Å². The first-order chi connectivity index (χ1) is 5.75. The van der Waals surface area contributed by atoms with Gasteiger partial charge >= 0.3 is 5.97 Å². The van der Waals surface area contributed by atoms with Crippen molar-refractivity contribution in [3.63, 3.8) is 0 Å². The van der Waals surface area contributed by atoms with Gasteiger partial charge in [-0.1, -0.05) is 0 Å². The van der Waals surface area contributed by atoms with Crippen molar-refractivity contribution in [3.8, 4) is 0 Å². The topological polar surface area (TPSA) is 46.5 Å². The van der Waals surface area contributed by atoms with Crippen LogP contribution >= 0.6 is 0 Å². The van der Waals surface area contributed by atoms with E-state index in [0.29, 0.717) is 12.5 Å². The maximum absolute atomic E-state index is 11.2. The molecule has 2 rings (SSSR count). The fourth-order valence-corrected chi connectivity index (χ4v) is 2.42. The lowest BCUT2D eigenvalue weighted by Crippen LogP contribution is -2.15. The van der Waals surface area contributed by atoms with Gasteiger partial charge in [0.1, 0.15) is 0 Å². The maximum Gasteiger partial charge on any atom is 0.309 e. The van der Waals surface area contributed by atoms with E-state index in [4.69, 9.17) is 4.74 Å². The molecule has 0 radical (unpaired) electrons. The van der Waals surface area contributed by atoms with Crippen molar-refractivity contribution < 1.29 is 14.6 Å². The van der Waals surface area contributed by atoms with Gasteiger partial charge in [0.15, 0.2) is 0 Å². The molecule has 0 aliphatic heterocycles. The van der Waals surface area contributed by atoms with Crippen LogP contribution in [0.5, 0.6) is 0 Å². The Morgan fingerprint density at radius 1 is 1.58 bits per heavy atom. The Morgan fingerprint density at radius 2 is 2.33 bits per heavy atom. The third kappa shape index (κ3) is 1.04. The van der Waals surface area contributed by atoms with E-state index in [1.165, 1.54) is 0 Å². The number of aliphatic hydroxyl groups is 1. The number of ether oxygens (including phenoxy) is 1. The zero-order valence-corrected chi connectivity index (χ0v) is 7.19. The maximum atomic E-state index is 11.2. The van der Waals surface area contributed by atoms with Crippen LogP contribution in [0.2, 0.25) is 0 Å². The molecule has 3 heteroatoms. The van der Waals surface area contributed by atoms with Gasteiger partial charge in [-0.3, -0.25) is 4.79 Å². The van der Waals surface area contributed by atoms with E-state index >= 15 is 0 Å². The van der Waals surface area contributed by atoms with Crippen LogP contribution in [-0.4, -0.2) is 23.8 Å². The zero-order chi connectivity index (χ0) is 8.72. The average Bonchev–Trinajstić information content (AvgIpc) is 2.65. The number of hydrogen-bond donors (Lipinski definition) is 1. The third-order valence-corrected chi connectivity index (χ3v) is 3.03.